The molecule has 1 aliphatic heterocycles. The number of hydrogen-bond donors (Lipinski definition) is 0. The molecule has 96 valence electrons. The molecule has 7 nitrogen and oxygen atoms in total. The third kappa shape index (κ3) is 1.21. The molecule has 0 fully saturated rings. The average molecular weight is 250 g/mol. The number of rotatable bonds is 1. The fraction of sp³-hybridized carbons (Fsp3) is 0.545. The minimum Gasteiger partial charge on any atom is -0.459 e. The van der Waals surface area contributed by atoms with E-state index in [9.17, 15) is 9.59 Å². The van der Waals surface area contributed by atoms with Crippen LogP contribution in [0.3, 0.4) is 0 Å². The van der Waals surface area contributed by atoms with E-state index in [0.29, 0.717) is 23.7 Å². The van der Waals surface area contributed by atoms with Gasteiger partial charge in [0.2, 0.25) is 0 Å². The fourth-order valence-corrected chi connectivity index (χ4v) is 2.29. The molecule has 0 saturated carbocycles. The fourth-order valence-electron chi connectivity index (χ4n) is 2.29. The van der Waals surface area contributed by atoms with Gasteiger partial charge in [-0.05, 0) is 6.42 Å². The minimum absolute atomic E-state index is 0.0545. The summed E-state index contributed by atoms with van der Waals surface area (Å²) >= 11 is 0. The number of ether oxygens (including phenoxy) is 1. The first kappa shape index (κ1) is 11.1. The standard InChI is InChI=1S/C11H14N4O3/c1-4-6-5-15-7-8(12-10(15)18-6)13(2)11(17)14(3)9(7)16/h6H,4-5H2,1-3H3. The maximum absolute atomic E-state index is 12.2. The lowest BCUT2D eigenvalue weighted by Gasteiger charge is -2.06. The van der Waals surface area contributed by atoms with Gasteiger partial charge >= 0.3 is 5.69 Å². The largest absolute Gasteiger partial charge is 0.459 e. The molecular weight excluding hydrogens is 236 g/mol. The molecule has 3 rings (SSSR count). The van der Waals surface area contributed by atoms with Crippen molar-refractivity contribution in [2.24, 2.45) is 14.1 Å². The molecule has 0 N–H and O–H groups in total. The van der Waals surface area contributed by atoms with Crippen molar-refractivity contribution >= 4 is 11.2 Å². The van der Waals surface area contributed by atoms with Crippen molar-refractivity contribution in [1.29, 1.82) is 0 Å². The van der Waals surface area contributed by atoms with Gasteiger partial charge in [-0.3, -0.25) is 18.5 Å². The maximum atomic E-state index is 12.2. The van der Waals surface area contributed by atoms with Gasteiger partial charge in [0.05, 0.1) is 6.54 Å². The smallest absolute Gasteiger partial charge is 0.332 e. The quantitative estimate of drug-likeness (QED) is 0.690. The molecule has 1 atom stereocenters. The van der Waals surface area contributed by atoms with E-state index in [-0.39, 0.29) is 17.4 Å². The third-order valence-electron chi connectivity index (χ3n) is 3.43. The predicted molar refractivity (Wildman–Crippen MR) is 64.9 cm³/mol. The number of nitrogens with zero attached hydrogens (tertiary/aromatic N) is 4. The molecule has 2 aromatic heterocycles. The summed E-state index contributed by atoms with van der Waals surface area (Å²) in [6.07, 6.45) is 0.913. The lowest BCUT2D eigenvalue weighted by atomic mass is 10.3. The van der Waals surface area contributed by atoms with Crippen LogP contribution >= 0.6 is 0 Å². The van der Waals surface area contributed by atoms with Crippen LogP contribution in [-0.2, 0) is 20.6 Å². The Morgan fingerprint density at radius 1 is 1.33 bits per heavy atom. The summed E-state index contributed by atoms with van der Waals surface area (Å²) < 4.78 is 9.84. The van der Waals surface area contributed by atoms with Crippen LogP contribution in [-0.4, -0.2) is 24.8 Å². The van der Waals surface area contributed by atoms with Crippen molar-refractivity contribution in [2.45, 2.75) is 26.0 Å². The highest BCUT2D eigenvalue weighted by Gasteiger charge is 2.28. The Morgan fingerprint density at radius 3 is 2.72 bits per heavy atom. The molecule has 0 aromatic carbocycles. The summed E-state index contributed by atoms with van der Waals surface area (Å²) in [4.78, 5) is 28.2. The van der Waals surface area contributed by atoms with Gasteiger partial charge in [0.15, 0.2) is 11.2 Å². The molecule has 0 bridgehead atoms. The molecule has 0 spiro atoms. The molecule has 0 radical (unpaired) electrons. The van der Waals surface area contributed by atoms with Crippen LogP contribution in [0.5, 0.6) is 6.01 Å². The van der Waals surface area contributed by atoms with Gasteiger partial charge in [0.25, 0.3) is 11.6 Å². The zero-order valence-electron chi connectivity index (χ0n) is 10.5. The number of aromatic nitrogens is 4. The van der Waals surface area contributed by atoms with E-state index >= 15 is 0 Å². The molecule has 0 amide bonds. The van der Waals surface area contributed by atoms with Crippen molar-refractivity contribution in [2.75, 3.05) is 0 Å². The minimum atomic E-state index is -0.378. The first-order valence-electron chi connectivity index (χ1n) is 5.87. The molecule has 2 aromatic rings. The average Bonchev–Trinajstić information content (AvgIpc) is 2.90. The van der Waals surface area contributed by atoms with Crippen LogP contribution in [0, 0.1) is 0 Å². The van der Waals surface area contributed by atoms with Crippen molar-refractivity contribution in [3.05, 3.63) is 20.8 Å². The zero-order valence-corrected chi connectivity index (χ0v) is 10.5. The van der Waals surface area contributed by atoms with Crippen molar-refractivity contribution in [3.8, 4) is 6.01 Å². The lowest BCUT2D eigenvalue weighted by Crippen LogP contribution is -2.37. The van der Waals surface area contributed by atoms with E-state index in [0.717, 1.165) is 11.0 Å². The summed E-state index contributed by atoms with van der Waals surface area (Å²) in [5, 5.41) is 0. The van der Waals surface area contributed by atoms with E-state index in [2.05, 4.69) is 4.98 Å². The second kappa shape index (κ2) is 3.47. The Hall–Kier alpha value is -2.05. The second-order valence-corrected chi connectivity index (χ2v) is 4.53. The Morgan fingerprint density at radius 2 is 2.06 bits per heavy atom. The van der Waals surface area contributed by atoms with Crippen LogP contribution in [0.25, 0.3) is 11.2 Å². The molecule has 0 aliphatic carbocycles. The molecular formula is C11H14N4O3. The van der Waals surface area contributed by atoms with Gasteiger partial charge in [0, 0.05) is 14.1 Å². The zero-order chi connectivity index (χ0) is 13.0. The number of imidazole rings is 1. The summed E-state index contributed by atoms with van der Waals surface area (Å²) in [5.74, 6) is 0. The monoisotopic (exact) mass is 250 g/mol. The lowest BCUT2D eigenvalue weighted by molar-refractivity contribution is 0.220. The van der Waals surface area contributed by atoms with Crippen molar-refractivity contribution in [1.82, 2.24) is 18.7 Å². The van der Waals surface area contributed by atoms with E-state index in [4.69, 9.17) is 4.74 Å². The number of fused-ring (bicyclic) bond motifs is 3. The molecule has 1 unspecified atom stereocenters. The van der Waals surface area contributed by atoms with Gasteiger partial charge in [-0.2, -0.15) is 4.98 Å². The normalized spacial score (nSPS) is 18.1. The van der Waals surface area contributed by atoms with Crippen LogP contribution in [0.2, 0.25) is 0 Å². The van der Waals surface area contributed by atoms with Crippen LogP contribution < -0.4 is 16.0 Å². The maximum Gasteiger partial charge on any atom is 0.332 e. The van der Waals surface area contributed by atoms with E-state index < -0.39 is 0 Å². The van der Waals surface area contributed by atoms with Crippen LogP contribution in [0.15, 0.2) is 9.59 Å². The van der Waals surface area contributed by atoms with Gasteiger partial charge in [-0.1, -0.05) is 6.92 Å². The third-order valence-corrected chi connectivity index (χ3v) is 3.43. The molecule has 1 aliphatic rings. The van der Waals surface area contributed by atoms with Crippen LogP contribution in [0.1, 0.15) is 13.3 Å². The first-order valence-corrected chi connectivity index (χ1v) is 5.87. The Labute approximate surface area is 102 Å². The van der Waals surface area contributed by atoms with E-state index in [1.165, 1.54) is 11.6 Å². The van der Waals surface area contributed by atoms with Gasteiger partial charge in [-0.25, -0.2) is 4.79 Å². The molecule has 3 heterocycles. The van der Waals surface area contributed by atoms with Gasteiger partial charge in [0.1, 0.15) is 6.10 Å². The summed E-state index contributed by atoms with van der Waals surface area (Å²) in [6.45, 7) is 2.63. The van der Waals surface area contributed by atoms with E-state index in [1.807, 2.05) is 6.92 Å². The summed E-state index contributed by atoms with van der Waals surface area (Å²) in [5.41, 5.74) is 0.113. The Kier molecular flexibility index (Phi) is 2.13. The van der Waals surface area contributed by atoms with Crippen LogP contribution in [0.4, 0.5) is 0 Å². The first-order chi connectivity index (χ1) is 8.54. The molecule has 7 heteroatoms. The van der Waals surface area contributed by atoms with Crippen molar-refractivity contribution in [3.63, 3.8) is 0 Å². The van der Waals surface area contributed by atoms with Crippen molar-refractivity contribution < 1.29 is 4.74 Å². The number of hydrogen-bond acceptors (Lipinski definition) is 4. The Balaban J connectivity index is 2.40. The SMILES string of the molecule is CCC1Cn2c(nc3c2c(=O)n(C)c(=O)n3C)O1. The topological polar surface area (TPSA) is 71.0 Å². The van der Waals surface area contributed by atoms with Gasteiger partial charge in [-0.15, -0.1) is 0 Å². The number of aryl methyl sites for hydroxylation is 1. The predicted octanol–water partition coefficient (Wildman–Crippen LogP) is -0.395. The summed E-state index contributed by atoms with van der Waals surface area (Å²) in [7, 11) is 3.07. The van der Waals surface area contributed by atoms with Gasteiger partial charge < -0.3 is 4.74 Å². The Bertz CT molecular complexity index is 752. The molecule has 0 saturated heterocycles. The highest BCUT2D eigenvalue weighted by atomic mass is 16.5. The molecule has 18 heavy (non-hydrogen) atoms. The second-order valence-electron chi connectivity index (χ2n) is 4.53. The highest BCUT2D eigenvalue weighted by Crippen LogP contribution is 2.26. The highest BCUT2D eigenvalue weighted by molar-refractivity contribution is 5.72. The summed E-state index contributed by atoms with van der Waals surface area (Å²) in [6, 6.07) is 0.426. The van der Waals surface area contributed by atoms with E-state index in [1.54, 1.807) is 11.6 Å².